The largest absolute Gasteiger partial charge is 0.469 e. The first-order chi connectivity index (χ1) is 8.87. The molecule has 3 aliphatic rings. The smallest absolute Gasteiger partial charge is 0.311 e. The third-order valence-corrected chi connectivity index (χ3v) is 7.11. The second-order valence-electron chi connectivity index (χ2n) is 6.26. The molecule has 19 heavy (non-hydrogen) atoms. The van der Waals surface area contributed by atoms with Gasteiger partial charge < -0.3 is 4.74 Å². The van der Waals surface area contributed by atoms with Gasteiger partial charge in [-0.1, -0.05) is 6.92 Å². The van der Waals surface area contributed by atoms with Crippen molar-refractivity contribution in [2.75, 3.05) is 18.6 Å². The average Bonchev–Trinajstić information content (AvgIpc) is 2.46. The number of hydrogen-bond donors (Lipinski definition) is 0. The number of hydrogen-bond acceptors (Lipinski definition) is 4. The first kappa shape index (κ1) is 14.8. The number of ether oxygens (including phenoxy) is 1. The molecule has 0 amide bonds. The molecule has 2 bridgehead atoms. The molecule has 3 rings (SSSR count). The summed E-state index contributed by atoms with van der Waals surface area (Å²) in [5.74, 6) is 0.464. The molecule has 0 aromatic carbocycles. The summed E-state index contributed by atoms with van der Waals surface area (Å²) in [7, 11) is -1.42. The Morgan fingerprint density at radius 1 is 1.11 bits per heavy atom. The zero-order valence-corrected chi connectivity index (χ0v) is 12.7. The Kier molecular flexibility index (Phi) is 3.96. The number of carbonyl (C=O) groups excluding carboxylic acids is 1. The molecule has 3 saturated carbocycles. The maximum atomic E-state index is 11.9. The molecule has 3 aliphatic carbocycles. The summed E-state index contributed by atoms with van der Waals surface area (Å²) in [6.07, 6.45) is 6.29. The van der Waals surface area contributed by atoms with E-state index < -0.39 is 9.84 Å². The van der Waals surface area contributed by atoms with E-state index in [0.29, 0.717) is 5.75 Å². The molecule has 0 N–H and O–H groups in total. The van der Waals surface area contributed by atoms with Gasteiger partial charge in [-0.05, 0) is 50.4 Å². The maximum Gasteiger partial charge on any atom is 0.311 e. The fourth-order valence-electron chi connectivity index (χ4n) is 3.68. The average molecular weight is 288 g/mol. The lowest BCUT2D eigenvalue weighted by Crippen LogP contribution is -2.46. The summed E-state index contributed by atoms with van der Waals surface area (Å²) in [4.78, 5) is 11.9. The van der Waals surface area contributed by atoms with E-state index in [0.717, 1.165) is 44.9 Å². The number of esters is 1. The molecule has 0 aromatic rings. The van der Waals surface area contributed by atoms with E-state index in [2.05, 4.69) is 0 Å². The van der Waals surface area contributed by atoms with Crippen molar-refractivity contribution in [2.24, 2.45) is 10.8 Å². The number of fused-ring (bicyclic) bond motifs is 3. The lowest BCUT2D eigenvalue weighted by atomic mass is 9.53. The topological polar surface area (TPSA) is 60.4 Å². The fraction of sp³-hybridized carbons (Fsp3) is 0.929. The van der Waals surface area contributed by atoms with Gasteiger partial charge in [-0.15, -0.1) is 0 Å². The molecule has 0 saturated heterocycles. The third kappa shape index (κ3) is 2.81. The van der Waals surface area contributed by atoms with Crippen LogP contribution in [0.15, 0.2) is 0 Å². The molecule has 3 fully saturated rings. The van der Waals surface area contributed by atoms with Crippen LogP contribution in [0.1, 0.15) is 51.9 Å². The minimum atomic E-state index is -2.88. The molecule has 0 aromatic heterocycles. The second kappa shape index (κ2) is 5.08. The zero-order chi connectivity index (χ0) is 14.1. The van der Waals surface area contributed by atoms with Crippen LogP contribution in [0.4, 0.5) is 0 Å². The summed E-state index contributed by atoms with van der Waals surface area (Å²) in [5.41, 5.74) is -0.0991. The van der Waals surface area contributed by atoms with Crippen LogP contribution in [-0.4, -0.2) is 33.0 Å². The normalized spacial score (nSPS) is 34.2. The van der Waals surface area contributed by atoms with Crippen LogP contribution in [0.3, 0.4) is 0 Å². The Labute approximate surface area is 115 Å². The predicted molar refractivity (Wildman–Crippen MR) is 73.5 cm³/mol. The highest BCUT2D eigenvalue weighted by Crippen LogP contribution is 2.58. The molecule has 110 valence electrons. The highest BCUT2D eigenvalue weighted by molar-refractivity contribution is 7.91. The van der Waals surface area contributed by atoms with Crippen LogP contribution in [-0.2, 0) is 19.4 Å². The molecular weight excluding hydrogens is 264 g/mol. The quantitative estimate of drug-likeness (QED) is 0.728. The Morgan fingerprint density at radius 3 is 2.05 bits per heavy atom. The van der Waals surface area contributed by atoms with Crippen molar-refractivity contribution in [3.8, 4) is 0 Å². The number of carbonyl (C=O) groups is 1. The van der Waals surface area contributed by atoms with Gasteiger partial charge in [0.25, 0.3) is 0 Å². The Morgan fingerprint density at radius 2 is 1.63 bits per heavy atom. The van der Waals surface area contributed by atoms with E-state index in [1.165, 1.54) is 7.11 Å². The third-order valence-electron chi connectivity index (χ3n) is 5.40. The minimum absolute atomic E-state index is 0.0676. The monoisotopic (exact) mass is 288 g/mol. The lowest BCUT2D eigenvalue weighted by Gasteiger charge is -2.52. The minimum Gasteiger partial charge on any atom is -0.469 e. The van der Waals surface area contributed by atoms with Gasteiger partial charge in [0, 0.05) is 5.75 Å². The maximum absolute atomic E-state index is 11.9. The van der Waals surface area contributed by atoms with E-state index >= 15 is 0 Å². The summed E-state index contributed by atoms with van der Waals surface area (Å²) >= 11 is 0. The van der Waals surface area contributed by atoms with Gasteiger partial charge in [-0.25, -0.2) is 8.42 Å². The van der Waals surface area contributed by atoms with E-state index in [1.807, 2.05) is 0 Å². The van der Waals surface area contributed by atoms with E-state index in [9.17, 15) is 13.2 Å². The predicted octanol–water partition coefficient (Wildman–Crippen LogP) is 2.32. The molecule has 0 unspecified atom stereocenters. The van der Waals surface area contributed by atoms with Crippen molar-refractivity contribution in [2.45, 2.75) is 51.9 Å². The lowest BCUT2D eigenvalue weighted by molar-refractivity contribution is -0.162. The standard InChI is InChI=1S/C14H24O4S/c1-3-19(16,17)11-10-13-4-7-14(8-5-13,9-6-13)12(15)18-2/h3-11H2,1-2H3. The van der Waals surface area contributed by atoms with Crippen molar-refractivity contribution in [1.82, 2.24) is 0 Å². The summed E-state index contributed by atoms with van der Waals surface area (Å²) in [5, 5.41) is 0. The molecule has 0 spiro atoms. The summed E-state index contributed by atoms with van der Waals surface area (Å²) in [6.45, 7) is 1.71. The molecule has 0 heterocycles. The fourth-order valence-corrected chi connectivity index (χ4v) is 4.71. The zero-order valence-electron chi connectivity index (χ0n) is 11.9. The second-order valence-corrected chi connectivity index (χ2v) is 8.73. The van der Waals surface area contributed by atoms with Crippen molar-refractivity contribution < 1.29 is 17.9 Å². The van der Waals surface area contributed by atoms with Crippen LogP contribution >= 0.6 is 0 Å². The summed E-state index contributed by atoms with van der Waals surface area (Å²) < 4.78 is 28.3. The van der Waals surface area contributed by atoms with Gasteiger partial charge in [0.15, 0.2) is 0 Å². The van der Waals surface area contributed by atoms with E-state index in [4.69, 9.17) is 4.74 Å². The van der Waals surface area contributed by atoms with Crippen LogP contribution < -0.4 is 0 Å². The van der Waals surface area contributed by atoms with Crippen LogP contribution in [0.5, 0.6) is 0 Å². The van der Waals surface area contributed by atoms with Gasteiger partial charge in [0.1, 0.15) is 9.84 Å². The highest BCUT2D eigenvalue weighted by Gasteiger charge is 2.52. The van der Waals surface area contributed by atoms with Gasteiger partial charge >= 0.3 is 5.97 Å². The van der Waals surface area contributed by atoms with Crippen molar-refractivity contribution in [3.63, 3.8) is 0 Å². The van der Waals surface area contributed by atoms with Gasteiger partial charge in [0.2, 0.25) is 0 Å². The van der Waals surface area contributed by atoms with Crippen LogP contribution in [0.2, 0.25) is 0 Å². The Hall–Kier alpha value is -0.580. The highest BCUT2D eigenvalue weighted by atomic mass is 32.2. The first-order valence-corrected chi connectivity index (χ1v) is 8.98. The molecule has 0 atom stereocenters. The van der Waals surface area contributed by atoms with Crippen LogP contribution in [0.25, 0.3) is 0 Å². The number of methoxy groups -OCH3 is 1. The Bertz CT molecular complexity index is 428. The first-order valence-electron chi connectivity index (χ1n) is 7.16. The molecule has 4 nitrogen and oxygen atoms in total. The van der Waals surface area contributed by atoms with Gasteiger partial charge in [-0.2, -0.15) is 0 Å². The molecule has 5 heteroatoms. The number of sulfone groups is 1. The van der Waals surface area contributed by atoms with Crippen LogP contribution in [0, 0.1) is 10.8 Å². The van der Waals surface area contributed by atoms with Gasteiger partial charge in [-0.3, -0.25) is 4.79 Å². The Balaban J connectivity index is 1.99. The molecule has 0 radical (unpaired) electrons. The van der Waals surface area contributed by atoms with Crippen molar-refractivity contribution >= 4 is 15.8 Å². The SMILES string of the molecule is CCS(=O)(=O)CCC12CCC(C(=O)OC)(CC1)CC2. The molecular formula is C14H24O4S. The van der Waals surface area contributed by atoms with E-state index in [-0.39, 0.29) is 22.6 Å². The molecule has 0 aliphatic heterocycles. The van der Waals surface area contributed by atoms with E-state index in [1.54, 1.807) is 6.92 Å². The summed E-state index contributed by atoms with van der Waals surface area (Å²) in [6, 6.07) is 0. The number of rotatable bonds is 5. The van der Waals surface area contributed by atoms with Gasteiger partial charge in [0.05, 0.1) is 18.3 Å². The van der Waals surface area contributed by atoms with Crippen molar-refractivity contribution in [3.05, 3.63) is 0 Å². The van der Waals surface area contributed by atoms with Crippen molar-refractivity contribution in [1.29, 1.82) is 0 Å².